The Hall–Kier alpha value is -2.48. The van der Waals surface area contributed by atoms with E-state index in [2.05, 4.69) is 64.8 Å². The van der Waals surface area contributed by atoms with Crippen LogP contribution in [0.3, 0.4) is 0 Å². The average molecular weight is 345 g/mol. The molecule has 2 heteroatoms. The van der Waals surface area contributed by atoms with E-state index in [1.807, 2.05) is 25.1 Å². The molecule has 1 aromatic carbocycles. The number of aryl methyl sites for hydroxylation is 1. The minimum absolute atomic E-state index is 0.182. The predicted octanol–water partition coefficient (Wildman–Crippen LogP) is 6.55. The SMILES string of the molecule is C=C.C=C.C=C.C=C.CCC(=O)CCC(=O)CCCc1ccccc1. The zero-order valence-electron chi connectivity index (χ0n) is 16.1. The highest BCUT2D eigenvalue weighted by molar-refractivity contribution is 5.85. The average Bonchev–Trinajstić information content (AvgIpc) is 2.73. The summed E-state index contributed by atoms with van der Waals surface area (Å²) in [7, 11) is 0. The second-order valence-electron chi connectivity index (χ2n) is 4.27. The molecule has 0 amide bonds. The van der Waals surface area contributed by atoms with E-state index < -0.39 is 0 Å². The maximum atomic E-state index is 11.5. The van der Waals surface area contributed by atoms with Crippen molar-refractivity contribution in [2.75, 3.05) is 0 Å². The van der Waals surface area contributed by atoms with Gasteiger partial charge in [0.25, 0.3) is 0 Å². The van der Waals surface area contributed by atoms with Gasteiger partial charge in [-0.15, -0.1) is 52.6 Å². The van der Waals surface area contributed by atoms with Crippen molar-refractivity contribution in [2.45, 2.75) is 45.4 Å². The first-order valence-electron chi connectivity index (χ1n) is 8.29. The van der Waals surface area contributed by atoms with Gasteiger partial charge in [-0.05, 0) is 18.4 Å². The first kappa shape index (κ1) is 30.4. The molecule has 1 aromatic rings. The standard InChI is InChI=1S/C15H20O2.4C2H4/c1-2-14(16)11-12-15(17)10-6-9-13-7-4-3-5-8-13;4*1-2/h3-5,7-8H,2,6,9-12H2,1H3;4*1-2H2. The molecule has 0 heterocycles. The smallest absolute Gasteiger partial charge is 0.133 e. The van der Waals surface area contributed by atoms with Gasteiger partial charge >= 0.3 is 0 Å². The van der Waals surface area contributed by atoms with Gasteiger partial charge in [-0.25, -0.2) is 0 Å². The Morgan fingerprint density at radius 3 is 1.60 bits per heavy atom. The summed E-state index contributed by atoms with van der Waals surface area (Å²) >= 11 is 0. The van der Waals surface area contributed by atoms with Crippen LogP contribution in [0.5, 0.6) is 0 Å². The van der Waals surface area contributed by atoms with Gasteiger partial charge in [0.2, 0.25) is 0 Å². The van der Waals surface area contributed by atoms with Gasteiger partial charge in [-0.2, -0.15) is 0 Å². The van der Waals surface area contributed by atoms with Crippen LogP contribution in [0.1, 0.15) is 44.6 Å². The zero-order chi connectivity index (χ0) is 20.5. The van der Waals surface area contributed by atoms with Crippen LogP contribution in [0.4, 0.5) is 0 Å². The van der Waals surface area contributed by atoms with Crippen molar-refractivity contribution in [1.82, 2.24) is 0 Å². The van der Waals surface area contributed by atoms with E-state index in [0.29, 0.717) is 25.7 Å². The molecule has 0 spiro atoms. The fourth-order valence-electron chi connectivity index (χ4n) is 1.71. The van der Waals surface area contributed by atoms with Crippen LogP contribution >= 0.6 is 0 Å². The maximum absolute atomic E-state index is 11.5. The quantitative estimate of drug-likeness (QED) is 0.501. The molecule has 0 saturated heterocycles. The minimum atomic E-state index is 0.182. The van der Waals surface area contributed by atoms with E-state index in [0.717, 1.165) is 12.8 Å². The molecule has 1 rings (SSSR count). The molecule has 25 heavy (non-hydrogen) atoms. The van der Waals surface area contributed by atoms with E-state index in [4.69, 9.17) is 0 Å². The van der Waals surface area contributed by atoms with Gasteiger partial charge in [0, 0.05) is 25.7 Å². The number of hydrogen-bond donors (Lipinski definition) is 0. The third-order valence-corrected chi connectivity index (χ3v) is 2.84. The molecule has 0 N–H and O–H groups in total. The molecular formula is C23H36O2. The third kappa shape index (κ3) is 23.9. The van der Waals surface area contributed by atoms with Crippen molar-refractivity contribution >= 4 is 11.6 Å². The second kappa shape index (κ2) is 29.5. The molecule has 0 aliphatic heterocycles. The highest BCUT2D eigenvalue weighted by Gasteiger charge is 2.05. The van der Waals surface area contributed by atoms with E-state index in [1.165, 1.54) is 5.56 Å². The molecule has 0 aliphatic rings. The third-order valence-electron chi connectivity index (χ3n) is 2.84. The Balaban J connectivity index is -0.000000241. The molecule has 0 radical (unpaired) electrons. The van der Waals surface area contributed by atoms with Gasteiger partial charge in [0.15, 0.2) is 0 Å². The van der Waals surface area contributed by atoms with Crippen molar-refractivity contribution in [3.05, 3.63) is 88.5 Å². The van der Waals surface area contributed by atoms with Crippen molar-refractivity contribution in [3.8, 4) is 0 Å². The summed E-state index contributed by atoms with van der Waals surface area (Å²) in [5.74, 6) is 0.393. The van der Waals surface area contributed by atoms with Crippen LogP contribution < -0.4 is 0 Å². The monoisotopic (exact) mass is 344 g/mol. The molecule has 0 bridgehead atoms. The Kier molecular flexibility index (Phi) is 35.9. The molecule has 0 atom stereocenters. The lowest BCUT2D eigenvalue weighted by molar-refractivity contribution is -0.124. The minimum Gasteiger partial charge on any atom is -0.300 e. The molecule has 140 valence electrons. The lowest BCUT2D eigenvalue weighted by atomic mass is 10.0. The fourth-order valence-corrected chi connectivity index (χ4v) is 1.71. The van der Waals surface area contributed by atoms with E-state index in [-0.39, 0.29) is 11.6 Å². The maximum Gasteiger partial charge on any atom is 0.133 e. The number of Topliss-reactive ketones (excluding diaryl/α,β-unsaturated/α-hetero) is 2. The fraction of sp³-hybridized carbons (Fsp3) is 0.304. The zero-order valence-corrected chi connectivity index (χ0v) is 16.1. The predicted molar refractivity (Wildman–Crippen MR) is 114 cm³/mol. The first-order chi connectivity index (χ1) is 12.2. The van der Waals surface area contributed by atoms with Crippen molar-refractivity contribution < 1.29 is 9.59 Å². The number of rotatable bonds is 8. The summed E-state index contributed by atoms with van der Waals surface area (Å²) in [5.41, 5.74) is 1.27. The second-order valence-corrected chi connectivity index (χ2v) is 4.27. The normalized spacial score (nSPS) is 7.56. The summed E-state index contributed by atoms with van der Waals surface area (Å²) < 4.78 is 0. The highest BCUT2D eigenvalue weighted by atomic mass is 16.1. The molecule has 0 saturated carbocycles. The summed E-state index contributed by atoms with van der Waals surface area (Å²) in [5, 5.41) is 0. The topological polar surface area (TPSA) is 34.1 Å². The van der Waals surface area contributed by atoms with Gasteiger partial charge in [-0.1, -0.05) is 37.3 Å². The Labute approximate surface area is 155 Å². The summed E-state index contributed by atoms with van der Waals surface area (Å²) in [6, 6.07) is 10.2. The molecule has 0 unspecified atom stereocenters. The van der Waals surface area contributed by atoms with Crippen LogP contribution in [0.2, 0.25) is 0 Å². The number of ketones is 2. The summed E-state index contributed by atoms with van der Waals surface area (Å²) in [4.78, 5) is 22.6. The molecule has 0 fully saturated rings. The largest absolute Gasteiger partial charge is 0.300 e. The van der Waals surface area contributed by atoms with Crippen LogP contribution in [-0.4, -0.2) is 11.6 Å². The van der Waals surface area contributed by atoms with Crippen LogP contribution in [0.25, 0.3) is 0 Å². The highest BCUT2D eigenvalue weighted by Crippen LogP contribution is 2.07. The number of carbonyl (C=O) groups excluding carboxylic acids is 2. The van der Waals surface area contributed by atoms with E-state index in [1.54, 1.807) is 0 Å². The van der Waals surface area contributed by atoms with Crippen LogP contribution in [-0.2, 0) is 16.0 Å². The Morgan fingerprint density at radius 1 is 0.720 bits per heavy atom. The van der Waals surface area contributed by atoms with Crippen LogP contribution in [0, 0.1) is 0 Å². The lowest BCUT2D eigenvalue weighted by Crippen LogP contribution is -2.03. The Morgan fingerprint density at radius 2 is 1.16 bits per heavy atom. The Bertz CT molecular complexity index is 401. The molecular weight excluding hydrogens is 308 g/mol. The summed E-state index contributed by atoms with van der Waals surface area (Å²) in [6.45, 7) is 25.8. The first-order valence-corrected chi connectivity index (χ1v) is 8.29. The van der Waals surface area contributed by atoms with Crippen molar-refractivity contribution in [2.24, 2.45) is 0 Å². The van der Waals surface area contributed by atoms with Gasteiger partial charge in [-0.3, -0.25) is 9.59 Å². The molecule has 0 aromatic heterocycles. The van der Waals surface area contributed by atoms with Crippen LogP contribution in [0.15, 0.2) is 83.0 Å². The number of carbonyl (C=O) groups is 2. The van der Waals surface area contributed by atoms with Gasteiger partial charge in [0.05, 0.1) is 0 Å². The number of benzene rings is 1. The molecule has 0 aliphatic carbocycles. The van der Waals surface area contributed by atoms with Crippen molar-refractivity contribution in [1.29, 1.82) is 0 Å². The van der Waals surface area contributed by atoms with Crippen molar-refractivity contribution in [3.63, 3.8) is 0 Å². The van der Waals surface area contributed by atoms with Gasteiger partial charge < -0.3 is 0 Å². The van der Waals surface area contributed by atoms with E-state index in [9.17, 15) is 9.59 Å². The molecule has 2 nitrogen and oxygen atoms in total. The van der Waals surface area contributed by atoms with Gasteiger partial charge in [0.1, 0.15) is 11.6 Å². The lowest BCUT2D eigenvalue weighted by Gasteiger charge is -2.01. The summed E-state index contributed by atoms with van der Waals surface area (Å²) in [6.07, 6.45) is 3.78. The van der Waals surface area contributed by atoms with E-state index >= 15 is 0 Å². The number of hydrogen-bond acceptors (Lipinski definition) is 2.